The van der Waals surface area contributed by atoms with Crippen molar-refractivity contribution in [3.63, 3.8) is 0 Å². The van der Waals surface area contributed by atoms with Crippen LogP contribution in [0.3, 0.4) is 0 Å². The minimum atomic E-state index is -0.919. The van der Waals surface area contributed by atoms with Crippen LogP contribution < -0.4 is 10.7 Å². The van der Waals surface area contributed by atoms with Crippen molar-refractivity contribution in [1.82, 2.24) is 5.43 Å². The molecule has 0 aliphatic rings. The lowest BCUT2D eigenvalue weighted by atomic mass is 10.1. The van der Waals surface area contributed by atoms with Crippen molar-refractivity contribution in [2.24, 2.45) is 5.10 Å². The lowest BCUT2D eigenvalue weighted by Gasteiger charge is -2.06. The van der Waals surface area contributed by atoms with Crippen molar-refractivity contribution in [3.8, 4) is 0 Å². The molecule has 26 heavy (non-hydrogen) atoms. The molecule has 0 bridgehead atoms. The first-order valence-electron chi connectivity index (χ1n) is 7.62. The van der Waals surface area contributed by atoms with E-state index in [-0.39, 0.29) is 10.7 Å². The van der Waals surface area contributed by atoms with Gasteiger partial charge in [-0.1, -0.05) is 65.7 Å². The molecule has 0 heterocycles. The summed E-state index contributed by atoms with van der Waals surface area (Å²) in [4.78, 5) is 23.8. The van der Waals surface area contributed by atoms with Gasteiger partial charge in [-0.2, -0.15) is 5.10 Å². The Balaban J connectivity index is 1.67. The molecule has 2 N–H and O–H groups in total. The second kappa shape index (κ2) is 7.99. The van der Waals surface area contributed by atoms with Gasteiger partial charge in [-0.25, -0.2) is 5.43 Å². The summed E-state index contributed by atoms with van der Waals surface area (Å²) in [7, 11) is 0. The van der Waals surface area contributed by atoms with Crippen LogP contribution in [0.4, 0.5) is 5.69 Å². The van der Waals surface area contributed by atoms with Gasteiger partial charge in [0.15, 0.2) is 0 Å². The maximum Gasteiger partial charge on any atom is 0.329 e. The van der Waals surface area contributed by atoms with Crippen LogP contribution in [0, 0.1) is 0 Å². The lowest BCUT2D eigenvalue weighted by molar-refractivity contribution is -0.136. The summed E-state index contributed by atoms with van der Waals surface area (Å²) >= 11 is 11.8. The molecule has 3 aromatic rings. The molecule has 0 saturated carbocycles. The van der Waals surface area contributed by atoms with Gasteiger partial charge < -0.3 is 5.32 Å². The standard InChI is InChI=1S/C19H13Cl2N3O2/c20-14-8-9-16(21)17(10-14)23-18(25)19(26)24-22-11-13-6-3-5-12-4-1-2-7-15(12)13/h1-11H,(H,23,25)(H,24,26)/b22-11-. The largest absolute Gasteiger partial charge is 0.329 e. The number of halogens is 2. The number of hydrogen-bond acceptors (Lipinski definition) is 3. The fraction of sp³-hybridized carbons (Fsp3) is 0. The number of rotatable bonds is 3. The summed E-state index contributed by atoms with van der Waals surface area (Å²) in [5.41, 5.74) is 3.26. The molecule has 3 aromatic carbocycles. The Labute approximate surface area is 159 Å². The predicted octanol–water partition coefficient (Wildman–Crippen LogP) is 4.24. The first kappa shape index (κ1) is 17.9. The summed E-state index contributed by atoms with van der Waals surface area (Å²) < 4.78 is 0. The van der Waals surface area contributed by atoms with E-state index in [1.807, 2.05) is 42.5 Å². The predicted molar refractivity (Wildman–Crippen MR) is 105 cm³/mol. The monoisotopic (exact) mass is 385 g/mol. The van der Waals surface area contributed by atoms with Crippen LogP contribution in [0.15, 0.2) is 65.8 Å². The second-order valence-corrected chi connectivity index (χ2v) is 6.19. The topological polar surface area (TPSA) is 70.6 Å². The second-order valence-electron chi connectivity index (χ2n) is 5.35. The number of carbonyl (C=O) groups is 2. The van der Waals surface area contributed by atoms with Gasteiger partial charge in [0.2, 0.25) is 0 Å². The number of benzene rings is 3. The lowest BCUT2D eigenvalue weighted by Crippen LogP contribution is -2.32. The van der Waals surface area contributed by atoms with E-state index in [2.05, 4.69) is 15.8 Å². The van der Waals surface area contributed by atoms with Crippen molar-refractivity contribution in [2.75, 3.05) is 5.32 Å². The Bertz CT molecular complexity index is 1010. The average Bonchev–Trinajstić information content (AvgIpc) is 2.64. The van der Waals surface area contributed by atoms with Gasteiger partial charge in [-0.15, -0.1) is 0 Å². The summed E-state index contributed by atoms with van der Waals surface area (Å²) in [6.45, 7) is 0. The molecule has 0 aliphatic heterocycles. The number of nitrogens with one attached hydrogen (secondary N) is 2. The van der Waals surface area contributed by atoms with E-state index < -0.39 is 11.8 Å². The molecule has 2 amide bonds. The van der Waals surface area contributed by atoms with E-state index in [4.69, 9.17) is 23.2 Å². The van der Waals surface area contributed by atoms with E-state index >= 15 is 0 Å². The highest BCUT2D eigenvalue weighted by Crippen LogP contribution is 2.25. The number of hydrazone groups is 1. The molecule has 0 atom stereocenters. The highest BCUT2D eigenvalue weighted by atomic mass is 35.5. The molecule has 0 aliphatic carbocycles. The minimum absolute atomic E-state index is 0.248. The molecule has 3 rings (SSSR count). The summed E-state index contributed by atoms with van der Waals surface area (Å²) in [6, 6.07) is 18.1. The van der Waals surface area contributed by atoms with Crippen molar-refractivity contribution in [3.05, 3.63) is 76.3 Å². The molecule has 0 unspecified atom stereocenters. The Kier molecular flexibility index (Phi) is 5.51. The fourth-order valence-corrected chi connectivity index (χ4v) is 2.68. The third kappa shape index (κ3) is 4.20. The first-order chi connectivity index (χ1) is 12.5. The quantitative estimate of drug-likeness (QED) is 0.402. The van der Waals surface area contributed by atoms with Crippen LogP contribution >= 0.6 is 23.2 Å². The Morgan fingerprint density at radius 2 is 1.69 bits per heavy atom. The summed E-state index contributed by atoms with van der Waals surface area (Å²) in [5.74, 6) is -1.82. The Hall–Kier alpha value is -2.89. The van der Waals surface area contributed by atoms with Gasteiger partial charge in [0.05, 0.1) is 16.9 Å². The van der Waals surface area contributed by atoms with Gasteiger partial charge in [0, 0.05) is 10.6 Å². The van der Waals surface area contributed by atoms with E-state index in [9.17, 15) is 9.59 Å². The Morgan fingerprint density at radius 3 is 2.54 bits per heavy atom. The summed E-state index contributed by atoms with van der Waals surface area (Å²) in [5, 5.41) is 8.94. The molecule has 7 heteroatoms. The van der Waals surface area contributed by atoms with Crippen molar-refractivity contribution in [1.29, 1.82) is 0 Å². The molecule has 0 aromatic heterocycles. The average molecular weight is 386 g/mol. The van der Waals surface area contributed by atoms with E-state index in [0.717, 1.165) is 16.3 Å². The highest BCUT2D eigenvalue weighted by molar-refractivity contribution is 6.42. The van der Waals surface area contributed by atoms with Crippen LogP contribution in [0.2, 0.25) is 10.0 Å². The Morgan fingerprint density at radius 1 is 0.923 bits per heavy atom. The fourth-order valence-electron chi connectivity index (χ4n) is 2.35. The molecule has 0 saturated heterocycles. The van der Waals surface area contributed by atoms with Gasteiger partial charge in [-0.3, -0.25) is 9.59 Å². The van der Waals surface area contributed by atoms with Crippen LogP contribution in [0.5, 0.6) is 0 Å². The van der Waals surface area contributed by atoms with Gasteiger partial charge in [-0.05, 0) is 29.0 Å². The zero-order valence-corrected chi connectivity index (χ0v) is 14.9. The van der Waals surface area contributed by atoms with Crippen molar-refractivity contribution >= 4 is 57.7 Å². The third-order valence-corrected chi connectivity index (χ3v) is 4.14. The number of hydrogen-bond donors (Lipinski definition) is 2. The zero-order chi connectivity index (χ0) is 18.5. The van der Waals surface area contributed by atoms with E-state index in [1.54, 1.807) is 6.07 Å². The number of anilines is 1. The van der Waals surface area contributed by atoms with E-state index in [1.165, 1.54) is 18.3 Å². The third-order valence-electron chi connectivity index (χ3n) is 3.58. The molecule has 0 fully saturated rings. The van der Waals surface area contributed by atoms with Crippen molar-refractivity contribution in [2.45, 2.75) is 0 Å². The van der Waals surface area contributed by atoms with Gasteiger partial charge in [0.25, 0.3) is 0 Å². The maximum atomic E-state index is 11.9. The normalized spacial score (nSPS) is 10.8. The molecule has 0 radical (unpaired) electrons. The molecular weight excluding hydrogens is 373 g/mol. The zero-order valence-electron chi connectivity index (χ0n) is 13.4. The molecule has 5 nitrogen and oxygen atoms in total. The van der Waals surface area contributed by atoms with Crippen LogP contribution in [-0.2, 0) is 9.59 Å². The number of carbonyl (C=O) groups excluding carboxylic acids is 2. The smallest absolute Gasteiger partial charge is 0.316 e. The van der Waals surface area contributed by atoms with Crippen LogP contribution in [-0.4, -0.2) is 18.0 Å². The number of amides is 2. The number of nitrogens with zero attached hydrogens (tertiary/aromatic N) is 1. The molecule has 130 valence electrons. The minimum Gasteiger partial charge on any atom is -0.316 e. The SMILES string of the molecule is O=C(N/N=C\c1cccc2ccccc12)C(=O)Nc1cc(Cl)ccc1Cl. The van der Waals surface area contributed by atoms with Crippen molar-refractivity contribution < 1.29 is 9.59 Å². The van der Waals surface area contributed by atoms with Gasteiger partial charge in [0.1, 0.15) is 0 Å². The van der Waals surface area contributed by atoms with Crippen LogP contribution in [0.25, 0.3) is 10.8 Å². The molecule has 0 spiro atoms. The highest BCUT2D eigenvalue weighted by Gasteiger charge is 2.14. The van der Waals surface area contributed by atoms with E-state index in [0.29, 0.717) is 5.02 Å². The molecular formula is C19H13Cl2N3O2. The first-order valence-corrected chi connectivity index (χ1v) is 8.37. The van der Waals surface area contributed by atoms with Gasteiger partial charge >= 0.3 is 11.8 Å². The number of fused-ring (bicyclic) bond motifs is 1. The maximum absolute atomic E-state index is 11.9. The van der Waals surface area contributed by atoms with Crippen LogP contribution in [0.1, 0.15) is 5.56 Å². The summed E-state index contributed by atoms with van der Waals surface area (Å²) in [6.07, 6.45) is 1.49.